The molecule has 2 rings (SSSR count). The van der Waals surface area contributed by atoms with Gasteiger partial charge in [0.05, 0.1) is 13.2 Å². The molecule has 1 aromatic rings. The number of nitrogens with one attached hydrogen (secondary N) is 1. The molecule has 0 radical (unpaired) electrons. The molecule has 5 nitrogen and oxygen atoms in total. The van der Waals surface area contributed by atoms with E-state index in [1.165, 1.54) is 12.8 Å². The lowest BCUT2D eigenvalue weighted by Crippen LogP contribution is -2.39. The van der Waals surface area contributed by atoms with Crippen LogP contribution in [0.25, 0.3) is 0 Å². The number of hydrogen-bond acceptors (Lipinski definition) is 3. The van der Waals surface area contributed by atoms with Gasteiger partial charge in [-0.15, -0.1) is 0 Å². The Morgan fingerprint density at radius 3 is 2.90 bits per heavy atom. The van der Waals surface area contributed by atoms with E-state index in [1.807, 2.05) is 19.1 Å². The zero-order valence-corrected chi connectivity index (χ0v) is 12.4. The number of likely N-dealkylation sites (tertiary alicyclic amines) is 1. The summed E-state index contributed by atoms with van der Waals surface area (Å²) in [5, 5.41) is 3.36. The predicted octanol–water partition coefficient (Wildman–Crippen LogP) is 2.04. The van der Waals surface area contributed by atoms with Crippen LogP contribution >= 0.6 is 0 Å². The Hall–Kier alpha value is -1.78. The van der Waals surface area contributed by atoms with Gasteiger partial charge in [-0.3, -0.25) is 0 Å². The fraction of sp³-hybridized carbons (Fsp3) is 0.600. The van der Waals surface area contributed by atoms with Crippen LogP contribution in [0.15, 0.2) is 23.3 Å². The van der Waals surface area contributed by atoms with Crippen LogP contribution in [-0.2, 0) is 6.54 Å². The molecule has 1 fully saturated rings. The molecular formula is C15H24N4O. The van der Waals surface area contributed by atoms with Crippen LogP contribution in [0.3, 0.4) is 0 Å². The van der Waals surface area contributed by atoms with Crippen LogP contribution in [0.2, 0.25) is 0 Å². The third kappa shape index (κ3) is 4.11. The second kappa shape index (κ2) is 7.72. The molecule has 1 saturated heterocycles. The molecular weight excluding hydrogens is 252 g/mol. The van der Waals surface area contributed by atoms with Crippen molar-refractivity contribution < 1.29 is 4.74 Å². The molecule has 1 aliphatic heterocycles. The van der Waals surface area contributed by atoms with Crippen molar-refractivity contribution in [1.82, 2.24) is 15.2 Å². The molecule has 1 aliphatic rings. The molecule has 0 aliphatic carbocycles. The van der Waals surface area contributed by atoms with Gasteiger partial charge >= 0.3 is 0 Å². The summed E-state index contributed by atoms with van der Waals surface area (Å²) in [6, 6.07) is 3.94. The van der Waals surface area contributed by atoms with E-state index in [9.17, 15) is 0 Å². The smallest absolute Gasteiger partial charge is 0.213 e. The summed E-state index contributed by atoms with van der Waals surface area (Å²) in [5.74, 6) is 1.69. The van der Waals surface area contributed by atoms with Crippen molar-refractivity contribution in [2.24, 2.45) is 4.99 Å². The molecule has 0 bridgehead atoms. The van der Waals surface area contributed by atoms with Crippen molar-refractivity contribution in [2.75, 3.05) is 26.2 Å². The maximum absolute atomic E-state index is 5.41. The molecule has 0 saturated carbocycles. The predicted molar refractivity (Wildman–Crippen MR) is 81.0 cm³/mol. The largest absolute Gasteiger partial charge is 0.478 e. The first-order valence-corrected chi connectivity index (χ1v) is 7.44. The van der Waals surface area contributed by atoms with Crippen molar-refractivity contribution in [3.63, 3.8) is 0 Å². The van der Waals surface area contributed by atoms with Crippen molar-refractivity contribution in [1.29, 1.82) is 0 Å². The van der Waals surface area contributed by atoms with Crippen molar-refractivity contribution in [3.05, 3.63) is 23.9 Å². The zero-order chi connectivity index (χ0) is 14.2. The summed E-state index contributed by atoms with van der Waals surface area (Å²) in [6.07, 6.45) is 4.29. The van der Waals surface area contributed by atoms with Gasteiger partial charge < -0.3 is 15.0 Å². The standard InChI is InChI=1S/C15H24N4O/c1-3-16-15(19-9-5-6-10-19)18-12-13-7-8-17-14(11-13)20-4-2/h7-8,11H,3-6,9-10,12H2,1-2H3,(H,16,18). The summed E-state index contributed by atoms with van der Waals surface area (Å²) in [4.78, 5) is 11.2. The van der Waals surface area contributed by atoms with Crippen molar-refractivity contribution >= 4 is 5.96 Å². The summed E-state index contributed by atoms with van der Waals surface area (Å²) < 4.78 is 5.41. The number of rotatable bonds is 5. The quantitative estimate of drug-likeness (QED) is 0.660. The monoisotopic (exact) mass is 276 g/mol. The average molecular weight is 276 g/mol. The second-order valence-corrected chi connectivity index (χ2v) is 4.80. The van der Waals surface area contributed by atoms with Gasteiger partial charge in [0.1, 0.15) is 0 Å². The first kappa shape index (κ1) is 14.6. The minimum atomic E-state index is 0.635. The van der Waals surface area contributed by atoms with Gasteiger partial charge in [-0.05, 0) is 38.3 Å². The van der Waals surface area contributed by atoms with Crippen LogP contribution in [0.5, 0.6) is 5.88 Å². The average Bonchev–Trinajstić information content (AvgIpc) is 2.98. The first-order chi connectivity index (χ1) is 9.83. The van der Waals surface area contributed by atoms with E-state index in [-0.39, 0.29) is 0 Å². The van der Waals surface area contributed by atoms with Crippen LogP contribution in [0.4, 0.5) is 0 Å². The van der Waals surface area contributed by atoms with Gasteiger partial charge in [0.2, 0.25) is 5.88 Å². The summed E-state index contributed by atoms with van der Waals surface area (Å²) in [7, 11) is 0. The Bertz CT molecular complexity index is 441. The molecule has 1 aromatic heterocycles. The summed E-state index contributed by atoms with van der Waals surface area (Å²) >= 11 is 0. The lowest BCUT2D eigenvalue weighted by molar-refractivity contribution is 0.326. The van der Waals surface area contributed by atoms with Crippen LogP contribution in [-0.4, -0.2) is 42.1 Å². The Morgan fingerprint density at radius 2 is 2.20 bits per heavy atom. The van der Waals surface area contributed by atoms with Gasteiger partial charge in [0, 0.05) is 31.9 Å². The zero-order valence-electron chi connectivity index (χ0n) is 12.4. The summed E-state index contributed by atoms with van der Waals surface area (Å²) in [5.41, 5.74) is 1.12. The van der Waals surface area contributed by atoms with E-state index in [4.69, 9.17) is 9.73 Å². The number of hydrogen-bond donors (Lipinski definition) is 1. The molecule has 5 heteroatoms. The summed E-state index contributed by atoms with van der Waals surface area (Å²) in [6.45, 7) is 8.46. The molecule has 20 heavy (non-hydrogen) atoms. The molecule has 2 heterocycles. The third-order valence-electron chi connectivity index (χ3n) is 3.24. The Labute approximate surface area is 121 Å². The van der Waals surface area contributed by atoms with E-state index < -0.39 is 0 Å². The van der Waals surface area contributed by atoms with Crippen molar-refractivity contribution in [3.8, 4) is 5.88 Å². The van der Waals surface area contributed by atoms with Crippen LogP contribution in [0, 0.1) is 0 Å². The Kier molecular flexibility index (Phi) is 5.65. The van der Waals surface area contributed by atoms with E-state index in [2.05, 4.69) is 22.1 Å². The third-order valence-corrected chi connectivity index (χ3v) is 3.24. The lowest BCUT2D eigenvalue weighted by Gasteiger charge is -2.20. The highest BCUT2D eigenvalue weighted by molar-refractivity contribution is 5.80. The normalized spacial score (nSPS) is 15.5. The highest BCUT2D eigenvalue weighted by atomic mass is 16.5. The molecule has 0 atom stereocenters. The Balaban J connectivity index is 2.02. The Morgan fingerprint density at radius 1 is 1.40 bits per heavy atom. The van der Waals surface area contributed by atoms with Gasteiger partial charge in [0.15, 0.2) is 5.96 Å². The van der Waals surface area contributed by atoms with Crippen LogP contribution < -0.4 is 10.1 Å². The molecule has 0 aromatic carbocycles. The van der Waals surface area contributed by atoms with E-state index in [0.29, 0.717) is 19.0 Å². The highest BCUT2D eigenvalue weighted by Crippen LogP contribution is 2.12. The second-order valence-electron chi connectivity index (χ2n) is 4.80. The molecule has 0 unspecified atom stereocenters. The van der Waals surface area contributed by atoms with E-state index in [1.54, 1.807) is 6.20 Å². The number of pyridine rings is 1. The molecule has 0 spiro atoms. The lowest BCUT2D eigenvalue weighted by atomic mass is 10.3. The molecule has 1 N–H and O–H groups in total. The maximum atomic E-state index is 5.41. The topological polar surface area (TPSA) is 49.8 Å². The van der Waals surface area contributed by atoms with E-state index in [0.717, 1.165) is 31.2 Å². The minimum absolute atomic E-state index is 0.635. The van der Waals surface area contributed by atoms with Gasteiger partial charge in [0.25, 0.3) is 0 Å². The van der Waals surface area contributed by atoms with Crippen LogP contribution in [0.1, 0.15) is 32.3 Å². The number of aliphatic imine (C=N–C) groups is 1. The van der Waals surface area contributed by atoms with Gasteiger partial charge in [-0.1, -0.05) is 0 Å². The SMILES string of the molecule is CCNC(=NCc1ccnc(OCC)c1)N1CCCC1. The highest BCUT2D eigenvalue weighted by Gasteiger charge is 2.15. The minimum Gasteiger partial charge on any atom is -0.478 e. The molecule has 0 amide bonds. The van der Waals surface area contributed by atoms with E-state index >= 15 is 0 Å². The van der Waals surface area contributed by atoms with Gasteiger partial charge in [-0.2, -0.15) is 0 Å². The number of ether oxygens (including phenoxy) is 1. The number of aromatic nitrogens is 1. The molecule has 110 valence electrons. The first-order valence-electron chi connectivity index (χ1n) is 7.44. The van der Waals surface area contributed by atoms with Crippen molar-refractivity contribution in [2.45, 2.75) is 33.2 Å². The number of nitrogens with zero attached hydrogens (tertiary/aromatic N) is 3. The number of guanidine groups is 1. The van der Waals surface area contributed by atoms with Gasteiger partial charge in [-0.25, -0.2) is 9.98 Å². The maximum Gasteiger partial charge on any atom is 0.213 e. The fourth-order valence-corrected chi connectivity index (χ4v) is 2.30. The fourth-order valence-electron chi connectivity index (χ4n) is 2.30.